The van der Waals surface area contributed by atoms with Gasteiger partial charge in [-0.15, -0.1) is 17.9 Å². The number of hydrogen-bond acceptors (Lipinski definition) is 16. The second-order valence-electron chi connectivity index (χ2n) is 19.4. The number of nitrogens with one attached hydrogen (secondary N) is 3. The van der Waals surface area contributed by atoms with Crippen molar-refractivity contribution in [3.63, 3.8) is 0 Å². The third-order valence-corrected chi connectivity index (χ3v) is 14.7. The van der Waals surface area contributed by atoms with E-state index in [4.69, 9.17) is 38.0 Å². The number of aromatic nitrogens is 2. The number of pyridine rings is 1. The number of aliphatic carboxylic acids is 1. The molecule has 3 aliphatic rings. The maximum atomic E-state index is 14.8. The van der Waals surface area contributed by atoms with Crippen LogP contribution in [0.5, 0.6) is 17.2 Å². The number of anilines is 1. The highest BCUT2D eigenvalue weighted by Gasteiger charge is 2.61. The van der Waals surface area contributed by atoms with E-state index in [2.05, 4.69) is 22.5 Å². The number of amides is 3. The smallest absolute Gasteiger partial charge is 0.417 e. The summed E-state index contributed by atoms with van der Waals surface area (Å²) in [7, 11) is -4.19. The molecule has 0 radical (unpaired) electrons. The van der Waals surface area contributed by atoms with Crippen molar-refractivity contribution >= 4 is 64.8 Å². The molecule has 1 saturated heterocycles. The van der Waals surface area contributed by atoms with Gasteiger partial charge in [-0.2, -0.15) is 0 Å². The SMILES string of the molecule is C=C[C@@H]1C[C@]1(NC(=O)[C@@H]1C[C@@H](Oc2cc(-c3csc(NC(C)C)n3)nc3cc(OCP(=O)(Oc4ccccc4)OC(C)C(=O)OCC)ccc23)CN1C(=O)[C@@H](NC(=O)OC1CCCC1)C(C)(C)C)C(=O)O. The monoisotopic (exact) mass is 1020 g/mol. The molecule has 3 amide bonds. The molecule has 21 heteroatoms. The number of rotatable bonds is 21. The number of fused-ring (bicyclic) bond motifs is 1. The minimum atomic E-state index is -4.19. The minimum Gasteiger partial charge on any atom is -0.488 e. The normalized spacial score (nSPS) is 21.6. The lowest BCUT2D eigenvalue weighted by atomic mass is 9.85. The average Bonchev–Trinajstić information content (AvgIpc) is 3.72. The van der Waals surface area contributed by atoms with Crippen LogP contribution in [0, 0.1) is 11.3 Å². The van der Waals surface area contributed by atoms with Crippen LogP contribution in [0.2, 0.25) is 0 Å². The second-order valence-corrected chi connectivity index (χ2v) is 22.1. The molecule has 2 aromatic carbocycles. The standard InChI is InChI=1S/C50H63N6O13PS/c1-9-31-25-50(31,46(60)61)55-43(57)40-23-35(26-56(40)44(58)42(49(6,7)8)54-48(62)67-32-16-14-15-17-32)66-41-24-38(39-27-71-47(53-39)51-29(3)4)52-37-22-34(20-21-36(37)41)65-28-70(63,68-30(5)45(59)64-10-2)69-33-18-12-11-13-19-33/h9,11-13,18-22,24,27,29-32,35,40,42H,1,10,14-17,23,25-26,28H2,2-8H3,(H,51,53)(H,54,62)(H,55,57)(H,60,61)/t30?,31-,35-,40+,42-,50-,70?/m1/s1. The second kappa shape index (κ2) is 22.0. The van der Waals surface area contributed by atoms with Crippen molar-refractivity contribution in [2.75, 3.05) is 24.8 Å². The number of benzene rings is 2. The van der Waals surface area contributed by atoms with Gasteiger partial charge >= 0.3 is 25.6 Å². The summed E-state index contributed by atoms with van der Waals surface area (Å²) >= 11 is 1.38. The predicted octanol–water partition coefficient (Wildman–Crippen LogP) is 8.33. The first-order chi connectivity index (χ1) is 33.7. The fourth-order valence-electron chi connectivity index (χ4n) is 8.61. The lowest BCUT2D eigenvalue weighted by Gasteiger charge is -2.35. The Morgan fingerprint density at radius 1 is 1.00 bits per heavy atom. The topological polar surface area (TPSA) is 243 Å². The number of esters is 1. The highest BCUT2D eigenvalue weighted by molar-refractivity contribution is 7.54. The van der Waals surface area contributed by atoms with E-state index >= 15 is 0 Å². The molecule has 2 saturated carbocycles. The summed E-state index contributed by atoms with van der Waals surface area (Å²) in [4.78, 5) is 78.6. The van der Waals surface area contributed by atoms with E-state index in [-0.39, 0.29) is 49.6 Å². The van der Waals surface area contributed by atoms with Crippen LogP contribution in [-0.2, 0) is 37.7 Å². The number of carboxylic acid groups (broad SMARTS) is 1. The Morgan fingerprint density at radius 3 is 2.38 bits per heavy atom. The first-order valence-corrected chi connectivity index (χ1v) is 26.4. The lowest BCUT2D eigenvalue weighted by molar-refractivity contribution is -0.150. The summed E-state index contributed by atoms with van der Waals surface area (Å²) in [6.07, 6.45) is 1.19. The van der Waals surface area contributed by atoms with Gasteiger partial charge in [-0.25, -0.2) is 28.9 Å². The summed E-state index contributed by atoms with van der Waals surface area (Å²) in [5.74, 6) is -2.98. The Hall–Kier alpha value is -6.24. The van der Waals surface area contributed by atoms with E-state index in [1.807, 2.05) is 19.2 Å². The highest BCUT2D eigenvalue weighted by Crippen LogP contribution is 2.50. The zero-order chi connectivity index (χ0) is 51.3. The predicted molar refractivity (Wildman–Crippen MR) is 265 cm³/mol. The molecule has 1 aliphatic heterocycles. The molecule has 7 rings (SSSR count). The van der Waals surface area contributed by atoms with Crippen LogP contribution in [0.4, 0.5) is 9.93 Å². The van der Waals surface area contributed by atoms with Gasteiger partial charge < -0.3 is 49.4 Å². The fourth-order valence-corrected chi connectivity index (χ4v) is 10.9. The van der Waals surface area contributed by atoms with Gasteiger partial charge in [-0.1, -0.05) is 45.0 Å². The van der Waals surface area contributed by atoms with E-state index < -0.39 is 85.0 Å². The van der Waals surface area contributed by atoms with Gasteiger partial charge in [0.15, 0.2) is 11.2 Å². The number of para-hydroxylation sites is 1. The first kappa shape index (κ1) is 52.6. The van der Waals surface area contributed by atoms with Crippen LogP contribution in [0.3, 0.4) is 0 Å². The molecule has 0 spiro atoms. The maximum absolute atomic E-state index is 14.8. The van der Waals surface area contributed by atoms with Crippen molar-refractivity contribution in [1.82, 2.24) is 25.5 Å². The molecule has 2 aliphatic carbocycles. The van der Waals surface area contributed by atoms with Gasteiger partial charge in [0, 0.05) is 41.3 Å². The molecule has 3 fully saturated rings. The van der Waals surface area contributed by atoms with Crippen LogP contribution in [0.1, 0.15) is 87.0 Å². The van der Waals surface area contributed by atoms with Crippen LogP contribution in [0.25, 0.3) is 22.3 Å². The van der Waals surface area contributed by atoms with Crippen LogP contribution >= 0.6 is 18.9 Å². The van der Waals surface area contributed by atoms with Gasteiger partial charge in [0.25, 0.3) is 0 Å². The minimum absolute atomic E-state index is 0.0458. The van der Waals surface area contributed by atoms with Crippen LogP contribution in [0.15, 0.2) is 72.6 Å². The number of carbonyl (C=O) groups excluding carboxylic acids is 4. The molecule has 3 heterocycles. The summed E-state index contributed by atoms with van der Waals surface area (Å²) in [6, 6.07) is 12.7. The Labute approximate surface area is 416 Å². The molecule has 0 bridgehead atoms. The van der Waals surface area contributed by atoms with Crippen molar-refractivity contribution < 1.29 is 61.6 Å². The van der Waals surface area contributed by atoms with Crippen LogP contribution in [-0.4, -0.2) is 111 Å². The Kier molecular flexibility index (Phi) is 16.3. The summed E-state index contributed by atoms with van der Waals surface area (Å²) < 4.78 is 49.5. The van der Waals surface area contributed by atoms with E-state index in [1.54, 1.807) is 82.3 Å². The zero-order valence-electron chi connectivity index (χ0n) is 41.0. The number of carbonyl (C=O) groups is 5. The van der Waals surface area contributed by atoms with Crippen molar-refractivity contribution in [3.8, 4) is 28.6 Å². The van der Waals surface area contributed by atoms with Gasteiger partial charge in [0.2, 0.25) is 18.2 Å². The molecular formula is C50H63N6O13PS. The Morgan fingerprint density at radius 2 is 1.73 bits per heavy atom. The number of nitrogens with zero attached hydrogens (tertiary/aromatic N) is 3. The van der Waals surface area contributed by atoms with Crippen molar-refractivity contribution in [3.05, 3.63) is 72.6 Å². The molecule has 2 unspecified atom stereocenters. The summed E-state index contributed by atoms with van der Waals surface area (Å²) in [5.41, 5.74) is -1.14. The van der Waals surface area contributed by atoms with E-state index in [9.17, 15) is 33.6 Å². The number of carboxylic acids is 1. The quantitative estimate of drug-likeness (QED) is 0.0348. The Balaban J connectivity index is 1.21. The molecule has 71 heavy (non-hydrogen) atoms. The first-order valence-electron chi connectivity index (χ1n) is 23.8. The summed E-state index contributed by atoms with van der Waals surface area (Å²) in [5, 5.41) is 22.0. The maximum Gasteiger partial charge on any atom is 0.417 e. The largest absolute Gasteiger partial charge is 0.488 e. The molecule has 19 nitrogen and oxygen atoms in total. The lowest BCUT2D eigenvalue weighted by Crippen LogP contribution is -2.59. The number of thiazole rings is 1. The van der Waals surface area contributed by atoms with Gasteiger partial charge in [-0.05, 0) is 89.5 Å². The van der Waals surface area contributed by atoms with Gasteiger partial charge in [0.1, 0.15) is 52.8 Å². The number of hydrogen-bond donors (Lipinski definition) is 4. The zero-order valence-corrected chi connectivity index (χ0v) is 42.7. The third-order valence-electron chi connectivity index (χ3n) is 12.4. The van der Waals surface area contributed by atoms with E-state index in [0.29, 0.717) is 33.2 Å². The molecule has 2 aromatic heterocycles. The number of likely N-dealkylation sites (tertiary alicyclic amines) is 1. The van der Waals surface area contributed by atoms with Gasteiger partial charge in [0.05, 0.1) is 24.4 Å². The van der Waals surface area contributed by atoms with E-state index in [0.717, 1.165) is 25.7 Å². The van der Waals surface area contributed by atoms with Crippen LogP contribution < -0.4 is 29.9 Å². The Bertz CT molecular complexity index is 2650. The number of alkyl carbamates (subject to hydrolysis) is 1. The fraction of sp³-hybridized carbons (Fsp3) is 0.500. The van der Waals surface area contributed by atoms with Crippen molar-refractivity contribution in [2.45, 2.75) is 129 Å². The molecule has 382 valence electrons. The summed E-state index contributed by atoms with van der Waals surface area (Å²) in [6.45, 7) is 16.1. The molecule has 4 N–H and O–H groups in total. The van der Waals surface area contributed by atoms with Crippen molar-refractivity contribution in [1.29, 1.82) is 0 Å². The van der Waals surface area contributed by atoms with Crippen molar-refractivity contribution in [2.24, 2.45) is 11.3 Å². The molecule has 4 aromatic rings. The van der Waals surface area contributed by atoms with Gasteiger partial charge in [-0.3, -0.25) is 14.1 Å². The third kappa shape index (κ3) is 12.8. The molecule has 7 atom stereocenters. The highest BCUT2D eigenvalue weighted by atomic mass is 32.1. The average molecular weight is 1020 g/mol. The van der Waals surface area contributed by atoms with E-state index in [1.165, 1.54) is 29.2 Å². The molecular weight excluding hydrogens is 956 g/mol. The number of ether oxygens (including phenoxy) is 4.